The first-order chi connectivity index (χ1) is 30.0. The van der Waals surface area contributed by atoms with Crippen LogP contribution in [0.25, 0.3) is 22.1 Å². The molecule has 62 heavy (non-hydrogen) atoms. The van der Waals surface area contributed by atoms with E-state index >= 15 is 0 Å². The number of hydrazone groups is 1. The highest BCUT2D eigenvalue weighted by Crippen LogP contribution is 2.34. The van der Waals surface area contributed by atoms with Gasteiger partial charge in [0.1, 0.15) is 34.3 Å². The Morgan fingerprint density at radius 3 is 2.21 bits per heavy atom. The number of ether oxygens (including phenoxy) is 2. The molecule has 0 aliphatic carbocycles. The van der Waals surface area contributed by atoms with Crippen molar-refractivity contribution in [3.63, 3.8) is 0 Å². The molecule has 2 aliphatic rings. The van der Waals surface area contributed by atoms with Gasteiger partial charge in [-0.25, -0.2) is 19.9 Å². The average molecular weight is 848 g/mol. The van der Waals surface area contributed by atoms with Gasteiger partial charge in [0, 0.05) is 63.4 Å². The third-order valence-electron chi connectivity index (χ3n) is 10.6. The molecule has 6 aromatic rings. The molecule has 0 fully saturated rings. The van der Waals surface area contributed by atoms with Crippen LogP contribution < -0.4 is 31.1 Å². The monoisotopic (exact) mass is 847 g/mol. The zero-order valence-electron chi connectivity index (χ0n) is 35.3. The maximum atomic E-state index is 13.9. The number of tetrazole rings is 1. The first-order valence-electron chi connectivity index (χ1n) is 20.7. The minimum Gasteiger partial charge on any atom is -0.491 e. The number of H-pyrrole nitrogens is 1. The van der Waals surface area contributed by atoms with Crippen LogP contribution in [0.2, 0.25) is 0 Å². The van der Waals surface area contributed by atoms with Gasteiger partial charge < -0.3 is 23.9 Å². The molecular weight excluding hydrogens is 799 g/mol. The van der Waals surface area contributed by atoms with Crippen molar-refractivity contribution in [2.75, 3.05) is 36.9 Å². The van der Waals surface area contributed by atoms with Gasteiger partial charge in [-0.2, -0.15) is 14.9 Å². The van der Waals surface area contributed by atoms with Crippen LogP contribution in [-0.4, -0.2) is 110 Å². The van der Waals surface area contributed by atoms with E-state index in [-0.39, 0.29) is 56.5 Å². The van der Waals surface area contributed by atoms with E-state index in [0.717, 1.165) is 17.0 Å². The number of allylic oxidation sites excluding steroid dienone is 2. The molecule has 6 heterocycles. The maximum absolute atomic E-state index is 13.9. The molecule has 1 unspecified atom stereocenters. The van der Waals surface area contributed by atoms with Gasteiger partial charge in [0.2, 0.25) is 11.9 Å². The van der Waals surface area contributed by atoms with Crippen LogP contribution in [0.3, 0.4) is 0 Å². The van der Waals surface area contributed by atoms with E-state index in [1.165, 1.54) is 4.68 Å². The molecule has 2 aromatic carbocycles. The number of hydrogen-bond donors (Lipinski definition) is 4. The van der Waals surface area contributed by atoms with Crippen molar-refractivity contribution in [1.82, 2.24) is 59.4 Å². The van der Waals surface area contributed by atoms with Gasteiger partial charge in [-0.05, 0) is 87.4 Å². The number of carbonyl (C=O) groups excluding carboxylic acids is 3. The van der Waals surface area contributed by atoms with Gasteiger partial charge in [-0.15, -0.1) is 0 Å². The molecule has 1 atom stereocenters. The second-order valence-electron chi connectivity index (χ2n) is 15.2. The van der Waals surface area contributed by atoms with E-state index in [1.54, 1.807) is 27.9 Å². The second-order valence-corrected chi connectivity index (χ2v) is 15.2. The number of rotatable bonds is 11. The van der Waals surface area contributed by atoms with Crippen molar-refractivity contribution >= 4 is 57.4 Å². The lowest BCUT2D eigenvalue weighted by molar-refractivity contribution is -0.120. The number of nitrogens with one attached hydrogen (secondary N) is 4. The standard InChI is InChI=1S/C41H49N15O6/c1-6-54-30(20-25(4)48-54)37(58)45-39-43-28-18-24(3)19-32-34(28)52(39)13-8-9-14-53-35-29(44-40(53)46-38(59)31-21-26(5)49-55(31)7-2)22-27(23-33(35)62-17-11-16-61-32)36(57)42-12-10-15-56-41(60)47-50-51-56/h8-9,18-20,22-23,31H,6-7,10-17,21H2,1-5H3,(H,42,57)(H,43,45,58)(H,44,46,59)(H,47,51,60)/b9-8+. The summed E-state index contributed by atoms with van der Waals surface area (Å²) in [4.78, 5) is 62.7. The Hall–Kier alpha value is -7.32. The first kappa shape index (κ1) is 41.4. The first-order valence-corrected chi connectivity index (χ1v) is 20.7. The van der Waals surface area contributed by atoms with Crippen molar-refractivity contribution < 1.29 is 23.9 Å². The highest BCUT2D eigenvalue weighted by Gasteiger charge is 2.31. The Morgan fingerprint density at radius 2 is 1.53 bits per heavy atom. The summed E-state index contributed by atoms with van der Waals surface area (Å²) in [7, 11) is 0. The Bertz CT molecular complexity index is 2790. The predicted molar refractivity (Wildman–Crippen MR) is 230 cm³/mol. The Kier molecular flexibility index (Phi) is 11.8. The van der Waals surface area contributed by atoms with Crippen LogP contribution in [-0.2, 0) is 31.0 Å². The summed E-state index contributed by atoms with van der Waals surface area (Å²) in [5.74, 6) is 0.636. The van der Waals surface area contributed by atoms with E-state index in [1.807, 2.05) is 68.0 Å². The number of imidazole rings is 2. The molecule has 3 amide bonds. The van der Waals surface area contributed by atoms with Crippen molar-refractivity contribution in [1.29, 1.82) is 0 Å². The molecule has 21 nitrogen and oxygen atoms in total. The summed E-state index contributed by atoms with van der Waals surface area (Å²) in [6.07, 6.45) is 5.26. The number of hydrogen-bond acceptors (Lipinski definition) is 13. The number of aromatic amines is 1. The Morgan fingerprint density at radius 1 is 0.839 bits per heavy atom. The van der Waals surface area contributed by atoms with Crippen LogP contribution in [0.5, 0.6) is 11.5 Å². The number of aryl methyl sites for hydroxylation is 4. The van der Waals surface area contributed by atoms with E-state index in [0.29, 0.717) is 89.7 Å². The largest absolute Gasteiger partial charge is 0.491 e. The Balaban J connectivity index is 1.14. The lowest BCUT2D eigenvalue weighted by atomic mass is 10.1. The van der Waals surface area contributed by atoms with E-state index < -0.39 is 11.7 Å². The molecule has 0 radical (unpaired) electrons. The highest BCUT2D eigenvalue weighted by molar-refractivity contribution is 6.04. The number of aromatic nitrogens is 10. The minimum absolute atomic E-state index is 0.222. The molecule has 0 saturated heterocycles. The predicted octanol–water partition coefficient (Wildman–Crippen LogP) is 3.40. The molecule has 0 bridgehead atoms. The molecule has 21 heteroatoms. The molecule has 8 rings (SSSR count). The molecule has 4 aromatic heterocycles. The van der Waals surface area contributed by atoms with Gasteiger partial charge in [0.05, 0.1) is 29.9 Å². The fourth-order valence-corrected chi connectivity index (χ4v) is 7.73. The number of carbonyl (C=O) groups is 3. The van der Waals surface area contributed by atoms with Crippen LogP contribution in [0.1, 0.15) is 72.1 Å². The van der Waals surface area contributed by atoms with Crippen LogP contribution in [0.15, 0.2) is 52.4 Å². The van der Waals surface area contributed by atoms with Crippen molar-refractivity contribution in [2.45, 2.75) is 86.1 Å². The second kappa shape index (κ2) is 17.7. The summed E-state index contributed by atoms with van der Waals surface area (Å²) in [6, 6.07) is 8.46. The summed E-state index contributed by atoms with van der Waals surface area (Å²) >= 11 is 0. The van der Waals surface area contributed by atoms with Crippen LogP contribution in [0, 0.1) is 13.8 Å². The smallest absolute Gasteiger partial charge is 0.361 e. The topological polar surface area (TPSA) is 238 Å². The molecular formula is C41H49N15O6. The SMILES string of the molecule is CCN1N=C(C)CC1C(=O)Nc1nc2cc(C(=O)NCCCn3nn[nH]c3=O)cc3c2n1C/C=C/Cn1c(NC(=O)c2cc(C)nn2CC)nc2cc(C)cc(c21)OCCCO3. The number of likely N-dealkylation sites (N-methyl/N-ethyl adjacent to an activating group) is 1. The van der Waals surface area contributed by atoms with Gasteiger partial charge in [0.25, 0.3) is 17.7 Å². The van der Waals surface area contributed by atoms with Gasteiger partial charge in [-0.3, -0.25) is 34.7 Å². The number of anilines is 2. The zero-order valence-corrected chi connectivity index (χ0v) is 35.3. The van der Waals surface area contributed by atoms with Crippen molar-refractivity contribution in [3.05, 3.63) is 75.5 Å². The minimum atomic E-state index is -0.517. The van der Waals surface area contributed by atoms with E-state index in [4.69, 9.17) is 19.4 Å². The average Bonchev–Trinajstić information content (AvgIpc) is 4.08. The summed E-state index contributed by atoms with van der Waals surface area (Å²) in [5.41, 5.74) is 5.20. The third-order valence-corrected chi connectivity index (χ3v) is 10.6. The van der Waals surface area contributed by atoms with Gasteiger partial charge >= 0.3 is 5.69 Å². The fourth-order valence-electron chi connectivity index (χ4n) is 7.73. The number of benzene rings is 2. The van der Waals surface area contributed by atoms with Gasteiger partial charge in [-0.1, -0.05) is 12.2 Å². The summed E-state index contributed by atoms with van der Waals surface area (Å²) in [5, 5.41) is 29.2. The lowest BCUT2D eigenvalue weighted by Gasteiger charge is -2.21. The molecule has 324 valence electrons. The van der Waals surface area contributed by atoms with Crippen LogP contribution >= 0.6 is 0 Å². The molecule has 4 N–H and O–H groups in total. The van der Waals surface area contributed by atoms with E-state index in [2.05, 4.69) is 41.7 Å². The summed E-state index contributed by atoms with van der Waals surface area (Å²) in [6.45, 7) is 12.2. The van der Waals surface area contributed by atoms with Crippen molar-refractivity contribution in [3.8, 4) is 11.5 Å². The van der Waals surface area contributed by atoms with Crippen LogP contribution in [0.4, 0.5) is 11.9 Å². The third kappa shape index (κ3) is 8.50. The van der Waals surface area contributed by atoms with E-state index in [9.17, 15) is 19.2 Å². The Labute approximate surface area is 355 Å². The number of amides is 3. The maximum Gasteiger partial charge on any atom is 0.361 e. The van der Waals surface area contributed by atoms with Crippen molar-refractivity contribution in [2.24, 2.45) is 5.10 Å². The molecule has 0 spiro atoms. The van der Waals surface area contributed by atoms with Gasteiger partial charge in [0.15, 0.2) is 0 Å². The molecule has 0 saturated carbocycles. The summed E-state index contributed by atoms with van der Waals surface area (Å²) < 4.78 is 19.5. The highest BCUT2D eigenvalue weighted by atomic mass is 16.5. The quantitative estimate of drug-likeness (QED) is 0.108. The lowest BCUT2D eigenvalue weighted by Crippen LogP contribution is -2.38. The number of nitrogens with zero attached hydrogens (tertiary/aromatic N) is 11. The zero-order chi connectivity index (χ0) is 43.5. The fraction of sp³-hybridized carbons (Fsp3) is 0.415. The normalized spacial score (nSPS) is 16.0. The molecule has 2 aliphatic heterocycles.